The number of hydrogen-bond acceptors (Lipinski definition) is 4. The Balaban J connectivity index is 1.91. The molecule has 1 aromatic heterocycles. The fourth-order valence-electron chi connectivity index (χ4n) is 1.76. The van der Waals surface area contributed by atoms with Crippen LogP contribution in [0.4, 0.5) is 0 Å². The van der Waals surface area contributed by atoms with Crippen LogP contribution >= 0.6 is 0 Å². The molecular weight excluding hydrogens is 178 g/mol. The molecule has 14 heavy (non-hydrogen) atoms. The van der Waals surface area contributed by atoms with E-state index in [4.69, 9.17) is 4.42 Å². The topological polar surface area (TPSA) is 50.1 Å². The van der Waals surface area contributed by atoms with Crippen LogP contribution in [0.2, 0.25) is 0 Å². The fourth-order valence-corrected chi connectivity index (χ4v) is 1.76. The minimum Gasteiger partial charge on any atom is -0.448 e. The molecule has 1 aliphatic heterocycles. The van der Waals surface area contributed by atoms with Crippen LogP contribution in [0.5, 0.6) is 0 Å². The maximum atomic E-state index is 5.15. The summed E-state index contributed by atoms with van der Waals surface area (Å²) < 4.78 is 5.15. The molecule has 1 atom stereocenters. The molecule has 0 radical (unpaired) electrons. The highest BCUT2D eigenvalue weighted by molar-refractivity contribution is 5.05. The van der Waals surface area contributed by atoms with Crippen LogP contribution in [-0.4, -0.2) is 23.6 Å². The Kier molecular flexibility index (Phi) is 2.56. The Morgan fingerprint density at radius 3 is 3.14 bits per heavy atom. The number of nitrogens with zero attached hydrogens (tertiary/aromatic N) is 1. The Labute approximate surface area is 84.1 Å². The molecule has 0 aliphatic carbocycles. The van der Waals surface area contributed by atoms with E-state index in [1.807, 2.05) is 6.92 Å². The zero-order valence-corrected chi connectivity index (χ0v) is 8.76. The second-order valence-electron chi connectivity index (χ2n) is 4.20. The zero-order chi connectivity index (χ0) is 10.0. The van der Waals surface area contributed by atoms with Crippen molar-refractivity contribution in [1.29, 1.82) is 0 Å². The van der Waals surface area contributed by atoms with E-state index in [0.29, 0.717) is 0 Å². The Morgan fingerprint density at radius 1 is 1.71 bits per heavy atom. The molecule has 1 aliphatic rings. The van der Waals surface area contributed by atoms with E-state index in [2.05, 4.69) is 22.5 Å². The van der Waals surface area contributed by atoms with Crippen molar-refractivity contribution in [3.8, 4) is 0 Å². The van der Waals surface area contributed by atoms with Crippen molar-refractivity contribution < 1.29 is 4.42 Å². The van der Waals surface area contributed by atoms with E-state index < -0.39 is 0 Å². The third-order valence-corrected chi connectivity index (χ3v) is 2.90. The van der Waals surface area contributed by atoms with Crippen LogP contribution < -0.4 is 10.6 Å². The van der Waals surface area contributed by atoms with Crippen LogP contribution in [0.3, 0.4) is 0 Å². The summed E-state index contributed by atoms with van der Waals surface area (Å²) in [6.45, 7) is 7.10. The third-order valence-electron chi connectivity index (χ3n) is 2.90. The average molecular weight is 195 g/mol. The standard InChI is InChI=1S/C10H17N3O/c1-8-9(12-7-14-8)5-13-10(2)3-4-11-6-10/h7,11,13H,3-6H2,1-2H3. The molecule has 4 heteroatoms. The SMILES string of the molecule is Cc1ocnc1CNC1(C)CCNC1. The Hall–Kier alpha value is -0.870. The number of rotatable bonds is 3. The summed E-state index contributed by atoms with van der Waals surface area (Å²) in [4.78, 5) is 4.16. The quantitative estimate of drug-likeness (QED) is 0.750. The summed E-state index contributed by atoms with van der Waals surface area (Å²) in [5.41, 5.74) is 1.23. The van der Waals surface area contributed by atoms with E-state index in [1.54, 1.807) is 0 Å². The molecule has 0 aromatic carbocycles. The molecule has 0 spiro atoms. The summed E-state index contributed by atoms with van der Waals surface area (Å²) in [7, 11) is 0. The number of aromatic nitrogens is 1. The molecule has 1 saturated heterocycles. The highest BCUT2D eigenvalue weighted by Crippen LogP contribution is 2.14. The maximum Gasteiger partial charge on any atom is 0.181 e. The van der Waals surface area contributed by atoms with Gasteiger partial charge >= 0.3 is 0 Å². The van der Waals surface area contributed by atoms with Crippen molar-refractivity contribution in [2.45, 2.75) is 32.4 Å². The van der Waals surface area contributed by atoms with Crippen molar-refractivity contribution in [3.05, 3.63) is 17.8 Å². The predicted molar refractivity (Wildman–Crippen MR) is 54.0 cm³/mol. The van der Waals surface area contributed by atoms with Gasteiger partial charge < -0.3 is 15.1 Å². The molecule has 0 amide bonds. The van der Waals surface area contributed by atoms with Gasteiger partial charge in [-0.25, -0.2) is 4.98 Å². The van der Waals surface area contributed by atoms with Gasteiger partial charge in [-0.1, -0.05) is 0 Å². The van der Waals surface area contributed by atoms with Gasteiger partial charge in [0.2, 0.25) is 0 Å². The van der Waals surface area contributed by atoms with Crippen molar-refractivity contribution in [1.82, 2.24) is 15.6 Å². The summed E-state index contributed by atoms with van der Waals surface area (Å²) in [5, 5.41) is 6.87. The molecule has 78 valence electrons. The lowest BCUT2D eigenvalue weighted by Crippen LogP contribution is -2.43. The number of hydrogen-bond donors (Lipinski definition) is 2. The van der Waals surface area contributed by atoms with E-state index in [9.17, 15) is 0 Å². The molecule has 1 unspecified atom stereocenters. The lowest BCUT2D eigenvalue weighted by atomic mass is 10.0. The predicted octanol–water partition coefficient (Wildman–Crippen LogP) is 0.825. The van der Waals surface area contributed by atoms with Gasteiger partial charge in [0.25, 0.3) is 0 Å². The highest BCUT2D eigenvalue weighted by atomic mass is 16.3. The second kappa shape index (κ2) is 3.71. The van der Waals surface area contributed by atoms with Crippen molar-refractivity contribution >= 4 is 0 Å². The van der Waals surface area contributed by atoms with Crippen molar-refractivity contribution in [3.63, 3.8) is 0 Å². The number of aryl methyl sites for hydroxylation is 1. The fraction of sp³-hybridized carbons (Fsp3) is 0.700. The van der Waals surface area contributed by atoms with E-state index in [-0.39, 0.29) is 5.54 Å². The molecule has 0 saturated carbocycles. The lowest BCUT2D eigenvalue weighted by Gasteiger charge is -2.23. The summed E-state index contributed by atoms with van der Waals surface area (Å²) >= 11 is 0. The van der Waals surface area contributed by atoms with Crippen molar-refractivity contribution in [2.24, 2.45) is 0 Å². The molecule has 2 N–H and O–H groups in total. The van der Waals surface area contributed by atoms with Gasteiger partial charge in [-0.15, -0.1) is 0 Å². The first-order chi connectivity index (χ1) is 6.70. The third kappa shape index (κ3) is 1.96. The Bertz CT molecular complexity index is 302. The molecule has 2 rings (SSSR count). The minimum absolute atomic E-state index is 0.214. The normalized spacial score (nSPS) is 27.0. The average Bonchev–Trinajstić information content (AvgIpc) is 2.73. The van der Waals surface area contributed by atoms with Crippen LogP contribution in [-0.2, 0) is 6.54 Å². The van der Waals surface area contributed by atoms with E-state index in [1.165, 1.54) is 12.8 Å². The summed E-state index contributed by atoms with van der Waals surface area (Å²) in [5.74, 6) is 0.909. The monoisotopic (exact) mass is 195 g/mol. The summed E-state index contributed by atoms with van der Waals surface area (Å²) in [6.07, 6.45) is 2.67. The molecular formula is C10H17N3O. The first kappa shape index (κ1) is 9.68. The highest BCUT2D eigenvalue weighted by Gasteiger charge is 2.27. The number of oxazole rings is 1. The minimum atomic E-state index is 0.214. The van der Waals surface area contributed by atoms with Gasteiger partial charge in [0.05, 0.1) is 5.69 Å². The summed E-state index contributed by atoms with van der Waals surface area (Å²) in [6, 6.07) is 0. The van der Waals surface area contributed by atoms with Crippen LogP contribution in [0.15, 0.2) is 10.8 Å². The van der Waals surface area contributed by atoms with E-state index >= 15 is 0 Å². The smallest absolute Gasteiger partial charge is 0.181 e. The van der Waals surface area contributed by atoms with Gasteiger partial charge in [-0.2, -0.15) is 0 Å². The Morgan fingerprint density at radius 2 is 2.57 bits per heavy atom. The molecule has 4 nitrogen and oxygen atoms in total. The first-order valence-corrected chi connectivity index (χ1v) is 5.04. The molecule has 1 fully saturated rings. The maximum absolute atomic E-state index is 5.15. The molecule has 2 heterocycles. The lowest BCUT2D eigenvalue weighted by molar-refractivity contribution is 0.382. The number of nitrogens with one attached hydrogen (secondary N) is 2. The largest absolute Gasteiger partial charge is 0.448 e. The van der Waals surface area contributed by atoms with Gasteiger partial charge in [-0.3, -0.25) is 0 Å². The second-order valence-corrected chi connectivity index (χ2v) is 4.20. The zero-order valence-electron chi connectivity index (χ0n) is 8.76. The van der Waals surface area contributed by atoms with Crippen LogP contribution in [0.25, 0.3) is 0 Å². The van der Waals surface area contributed by atoms with Gasteiger partial charge in [0.15, 0.2) is 6.39 Å². The van der Waals surface area contributed by atoms with Gasteiger partial charge in [-0.05, 0) is 26.8 Å². The molecule has 1 aromatic rings. The van der Waals surface area contributed by atoms with Crippen molar-refractivity contribution in [2.75, 3.05) is 13.1 Å². The van der Waals surface area contributed by atoms with E-state index in [0.717, 1.165) is 31.1 Å². The van der Waals surface area contributed by atoms with Gasteiger partial charge in [0.1, 0.15) is 5.76 Å². The van der Waals surface area contributed by atoms with Crippen LogP contribution in [0.1, 0.15) is 24.8 Å². The van der Waals surface area contributed by atoms with Gasteiger partial charge in [0, 0.05) is 18.6 Å². The molecule has 0 bridgehead atoms. The first-order valence-electron chi connectivity index (χ1n) is 5.04. The van der Waals surface area contributed by atoms with Crippen LogP contribution in [0, 0.1) is 6.92 Å².